The Labute approximate surface area is 99.9 Å². The zero-order valence-electron chi connectivity index (χ0n) is 11.2. The second-order valence-electron chi connectivity index (χ2n) is 4.11. The molecule has 98 valence electrons. The summed E-state index contributed by atoms with van der Waals surface area (Å²) in [5, 5.41) is 19.7. The molecular weight excluding hydrogens is 204 g/mol. The molecule has 0 bridgehead atoms. The molecule has 0 rings (SSSR count). The molecule has 0 aromatic carbocycles. The van der Waals surface area contributed by atoms with E-state index in [1.165, 1.54) is 0 Å². The summed E-state index contributed by atoms with van der Waals surface area (Å²) in [6, 6.07) is 0. The van der Waals surface area contributed by atoms with Gasteiger partial charge in [0, 0.05) is 13.1 Å². The van der Waals surface area contributed by atoms with Gasteiger partial charge in [0.25, 0.3) is 0 Å². The first-order valence-electron chi connectivity index (χ1n) is 6.39. The molecule has 0 aliphatic heterocycles. The van der Waals surface area contributed by atoms with Crippen LogP contribution in [0.1, 0.15) is 27.7 Å². The summed E-state index contributed by atoms with van der Waals surface area (Å²) < 4.78 is 0. The standard InChI is InChI=1S/C12H28N2O2/c1-5-13(6-2)9-11(15)12(16)10-14(7-3)8-4/h11-12,15-16H,5-10H2,1-4H3. The highest BCUT2D eigenvalue weighted by Crippen LogP contribution is 2.01. The normalized spacial score (nSPS) is 15.8. The lowest BCUT2D eigenvalue weighted by molar-refractivity contribution is -0.0169. The van der Waals surface area contributed by atoms with Crippen LogP contribution in [0.4, 0.5) is 0 Å². The van der Waals surface area contributed by atoms with Gasteiger partial charge >= 0.3 is 0 Å². The van der Waals surface area contributed by atoms with Gasteiger partial charge in [0.15, 0.2) is 0 Å². The van der Waals surface area contributed by atoms with E-state index in [4.69, 9.17) is 0 Å². The van der Waals surface area contributed by atoms with E-state index in [1.807, 2.05) is 0 Å². The minimum Gasteiger partial charge on any atom is -0.389 e. The number of rotatable bonds is 9. The molecule has 0 aliphatic carbocycles. The summed E-state index contributed by atoms with van der Waals surface area (Å²) in [4.78, 5) is 4.24. The fourth-order valence-electron chi connectivity index (χ4n) is 1.74. The van der Waals surface area contributed by atoms with Crippen LogP contribution in [0.15, 0.2) is 0 Å². The summed E-state index contributed by atoms with van der Waals surface area (Å²) in [7, 11) is 0. The van der Waals surface area contributed by atoms with Gasteiger partial charge in [-0.1, -0.05) is 27.7 Å². The number of aliphatic hydroxyl groups excluding tert-OH is 2. The van der Waals surface area contributed by atoms with Gasteiger partial charge < -0.3 is 20.0 Å². The van der Waals surface area contributed by atoms with Crippen LogP contribution in [-0.2, 0) is 0 Å². The maximum absolute atomic E-state index is 9.87. The molecule has 2 N–H and O–H groups in total. The van der Waals surface area contributed by atoms with Gasteiger partial charge in [-0.25, -0.2) is 0 Å². The van der Waals surface area contributed by atoms with Crippen molar-refractivity contribution >= 4 is 0 Å². The number of hydrogen-bond acceptors (Lipinski definition) is 4. The second kappa shape index (κ2) is 8.93. The molecule has 0 saturated carbocycles. The Bertz CT molecular complexity index is 141. The third-order valence-corrected chi connectivity index (χ3v) is 3.12. The summed E-state index contributed by atoms with van der Waals surface area (Å²) in [6.07, 6.45) is -1.30. The highest BCUT2D eigenvalue weighted by atomic mass is 16.3. The Kier molecular flexibility index (Phi) is 8.84. The molecule has 0 radical (unpaired) electrons. The zero-order chi connectivity index (χ0) is 12.6. The van der Waals surface area contributed by atoms with Crippen LogP contribution in [-0.4, -0.2) is 71.5 Å². The van der Waals surface area contributed by atoms with Gasteiger partial charge in [-0.05, 0) is 26.2 Å². The van der Waals surface area contributed by atoms with Gasteiger partial charge in [-0.15, -0.1) is 0 Å². The molecule has 0 saturated heterocycles. The van der Waals surface area contributed by atoms with E-state index in [0.29, 0.717) is 13.1 Å². The van der Waals surface area contributed by atoms with Crippen molar-refractivity contribution in [3.63, 3.8) is 0 Å². The highest BCUT2D eigenvalue weighted by Gasteiger charge is 2.20. The highest BCUT2D eigenvalue weighted by molar-refractivity contribution is 4.74. The van der Waals surface area contributed by atoms with Gasteiger partial charge in [0.2, 0.25) is 0 Å². The first kappa shape index (κ1) is 15.8. The Morgan fingerprint density at radius 3 is 1.12 bits per heavy atom. The van der Waals surface area contributed by atoms with Gasteiger partial charge in [0.1, 0.15) is 0 Å². The van der Waals surface area contributed by atoms with Crippen molar-refractivity contribution in [1.82, 2.24) is 9.80 Å². The molecule has 0 aliphatic rings. The molecule has 16 heavy (non-hydrogen) atoms. The minimum absolute atomic E-state index is 0.551. The van der Waals surface area contributed by atoms with Gasteiger partial charge in [0.05, 0.1) is 12.2 Å². The second-order valence-corrected chi connectivity index (χ2v) is 4.11. The smallest absolute Gasteiger partial charge is 0.0938 e. The SMILES string of the molecule is CCN(CC)CC(O)C(O)CN(CC)CC. The summed E-state index contributed by atoms with van der Waals surface area (Å²) >= 11 is 0. The van der Waals surface area contributed by atoms with E-state index in [2.05, 4.69) is 37.5 Å². The number of likely N-dealkylation sites (N-methyl/N-ethyl adjacent to an activating group) is 2. The van der Waals surface area contributed by atoms with Crippen molar-refractivity contribution in [2.45, 2.75) is 39.9 Å². The van der Waals surface area contributed by atoms with Gasteiger partial charge in [-0.3, -0.25) is 0 Å². The summed E-state index contributed by atoms with van der Waals surface area (Å²) in [5.74, 6) is 0. The number of aliphatic hydroxyl groups is 2. The zero-order valence-corrected chi connectivity index (χ0v) is 11.2. The van der Waals surface area contributed by atoms with E-state index < -0.39 is 12.2 Å². The van der Waals surface area contributed by atoms with Crippen LogP contribution in [0.5, 0.6) is 0 Å². The average Bonchev–Trinajstić information content (AvgIpc) is 2.32. The van der Waals surface area contributed by atoms with E-state index in [1.54, 1.807) is 0 Å². The Hall–Kier alpha value is -0.160. The quantitative estimate of drug-likeness (QED) is 0.604. The lowest BCUT2D eigenvalue weighted by Gasteiger charge is -2.28. The fourth-order valence-corrected chi connectivity index (χ4v) is 1.74. The van der Waals surface area contributed by atoms with Crippen LogP contribution in [0.25, 0.3) is 0 Å². The van der Waals surface area contributed by atoms with Crippen molar-refractivity contribution in [2.24, 2.45) is 0 Å². The molecule has 0 amide bonds. The van der Waals surface area contributed by atoms with E-state index in [-0.39, 0.29) is 0 Å². The van der Waals surface area contributed by atoms with Crippen LogP contribution in [0.3, 0.4) is 0 Å². The topological polar surface area (TPSA) is 46.9 Å². The van der Waals surface area contributed by atoms with E-state index >= 15 is 0 Å². The van der Waals surface area contributed by atoms with E-state index in [9.17, 15) is 10.2 Å². The molecule has 4 nitrogen and oxygen atoms in total. The Balaban J connectivity index is 4.01. The van der Waals surface area contributed by atoms with Gasteiger partial charge in [-0.2, -0.15) is 0 Å². The molecular formula is C12H28N2O2. The minimum atomic E-state index is -0.652. The van der Waals surface area contributed by atoms with Crippen molar-refractivity contribution in [3.8, 4) is 0 Å². The molecule has 2 atom stereocenters. The molecule has 0 heterocycles. The van der Waals surface area contributed by atoms with Crippen LogP contribution < -0.4 is 0 Å². The van der Waals surface area contributed by atoms with Crippen molar-refractivity contribution < 1.29 is 10.2 Å². The molecule has 0 spiro atoms. The van der Waals surface area contributed by atoms with Crippen LogP contribution >= 0.6 is 0 Å². The molecule has 2 unspecified atom stereocenters. The monoisotopic (exact) mass is 232 g/mol. The average molecular weight is 232 g/mol. The molecule has 4 heteroatoms. The largest absolute Gasteiger partial charge is 0.389 e. The number of hydrogen-bond donors (Lipinski definition) is 2. The lowest BCUT2D eigenvalue weighted by Crippen LogP contribution is -2.44. The summed E-state index contributed by atoms with van der Waals surface area (Å²) in [5.41, 5.74) is 0. The first-order chi connectivity index (χ1) is 7.58. The maximum Gasteiger partial charge on any atom is 0.0938 e. The third-order valence-electron chi connectivity index (χ3n) is 3.12. The van der Waals surface area contributed by atoms with Crippen LogP contribution in [0.2, 0.25) is 0 Å². The third kappa shape index (κ3) is 5.80. The van der Waals surface area contributed by atoms with Crippen LogP contribution in [0, 0.1) is 0 Å². The predicted molar refractivity (Wildman–Crippen MR) is 67.6 cm³/mol. The Morgan fingerprint density at radius 2 is 0.938 bits per heavy atom. The Morgan fingerprint density at radius 1 is 0.688 bits per heavy atom. The predicted octanol–water partition coefficient (Wildman–Crippen LogP) is 0.392. The molecule has 0 fully saturated rings. The molecule has 0 aromatic rings. The maximum atomic E-state index is 9.87. The van der Waals surface area contributed by atoms with Crippen molar-refractivity contribution in [2.75, 3.05) is 39.3 Å². The molecule has 0 aromatic heterocycles. The lowest BCUT2D eigenvalue weighted by atomic mass is 10.1. The van der Waals surface area contributed by atoms with E-state index in [0.717, 1.165) is 26.2 Å². The first-order valence-corrected chi connectivity index (χ1v) is 6.39. The fraction of sp³-hybridized carbons (Fsp3) is 1.00. The summed E-state index contributed by atoms with van der Waals surface area (Å²) in [6.45, 7) is 13.0. The van der Waals surface area contributed by atoms with Crippen molar-refractivity contribution in [1.29, 1.82) is 0 Å². The van der Waals surface area contributed by atoms with Crippen molar-refractivity contribution in [3.05, 3.63) is 0 Å². The number of nitrogens with zero attached hydrogens (tertiary/aromatic N) is 2.